The fourth-order valence-electron chi connectivity index (χ4n) is 3.94. The highest BCUT2D eigenvalue weighted by Crippen LogP contribution is 2.28. The van der Waals surface area contributed by atoms with Crippen molar-refractivity contribution in [2.45, 2.75) is 31.7 Å². The molecule has 0 spiro atoms. The molecule has 3 N–H and O–H groups in total. The van der Waals surface area contributed by atoms with Gasteiger partial charge in [-0.1, -0.05) is 11.6 Å². The smallest absolute Gasteiger partial charge is 0.222 e. The molecule has 158 valence electrons. The first-order valence-corrected chi connectivity index (χ1v) is 10.7. The lowest BCUT2D eigenvalue weighted by Crippen LogP contribution is -2.29. The zero-order valence-electron chi connectivity index (χ0n) is 16.8. The number of halogens is 1. The molecule has 0 radical (unpaired) electrons. The Labute approximate surface area is 184 Å². The quantitative estimate of drug-likeness (QED) is 0.390. The van der Waals surface area contributed by atoms with Crippen LogP contribution in [0.2, 0.25) is 5.15 Å². The number of hydrogen-bond acceptors (Lipinski definition) is 8. The Kier molecular flexibility index (Phi) is 5.57. The van der Waals surface area contributed by atoms with E-state index in [0.29, 0.717) is 28.9 Å². The molecule has 0 atom stereocenters. The van der Waals surface area contributed by atoms with Crippen molar-refractivity contribution in [3.8, 4) is 11.4 Å². The van der Waals surface area contributed by atoms with Gasteiger partial charge in [-0.25, -0.2) is 24.9 Å². The van der Waals surface area contributed by atoms with Crippen LogP contribution in [0, 0.1) is 5.92 Å². The molecular formula is C21H22ClN9. The van der Waals surface area contributed by atoms with E-state index < -0.39 is 0 Å². The number of aromatic amines is 1. The Morgan fingerprint density at radius 3 is 2.61 bits per heavy atom. The second kappa shape index (κ2) is 8.81. The lowest BCUT2D eigenvalue weighted by atomic mass is 9.86. The lowest BCUT2D eigenvalue weighted by molar-refractivity contribution is 0.350. The molecule has 5 rings (SSSR count). The van der Waals surface area contributed by atoms with E-state index in [0.717, 1.165) is 54.5 Å². The molecule has 10 heteroatoms. The third-order valence-electron chi connectivity index (χ3n) is 5.65. The van der Waals surface area contributed by atoms with Gasteiger partial charge in [0.1, 0.15) is 17.7 Å². The molecule has 1 aliphatic carbocycles. The molecule has 0 amide bonds. The summed E-state index contributed by atoms with van der Waals surface area (Å²) in [6, 6.07) is 6.36. The summed E-state index contributed by atoms with van der Waals surface area (Å²) in [6.45, 7) is 0.865. The van der Waals surface area contributed by atoms with E-state index in [9.17, 15) is 0 Å². The normalized spacial score (nSPS) is 18.7. The van der Waals surface area contributed by atoms with Gasteiger partial charge in [-0.3, -0.25) is 5.10 Å². The third-order valence-corrected chi connectivity index (χ3v) is 5.93. The number of pyridine rings is 2. The number of fused-ring (bicyclic) bond motifs is 1. The molecular weight excluding hydrogens is 414 g/mol. The van der Waals surface area contributed by atoms with Gasteiger partial charge >= 0.3 is 0 Å². The van der Waals surface area contributed by atoms with Crippen molar-refractivity contribution in [3.05, 3.63) is 48.3 Å². The molecule has 0 saturated heterocycles. The molecule has 4 heterocycles. The Morgan fingerprint density at radius 1 is 1.00 bits per heavy atom. The fraction of sp³-hybridized carbons (Fsp3) is 0.333. The topological polar surface area (TPSA) is 117 Å². The van der Waals surface area contributed by atoms with Gasteiger partial charge < -0.3 is 10.6 Å². The van der Waals surface area contributed by atoms with Crippen LogP contribution in [0.5, 0.6) is 0 Å². The van der Waals surface area contributed by atoms with Crippen molar-refractivity contribution in [2.24, 2.45) is 5.92 Å². The third kappa shape index (κ3) is 4.56. The van der Waals surface area contributed by atoms with Crippen LogP contribution in [0.15, 0.2) is 43.1 Å². The minimum absolute atomic E-state index is 0.411. The largest absolute Gasteiger partial charge is 0.367 e. The summed E-state index contributed by atoms with van der Waals surface area (Å²) in [5.41, 5.74) is 1.55. The molecule has 0 aromatic carbocycles. The zero-order valence-corrected chi connectivity index (χ0v) is 17.5. The van der Waals surface area contributed by atoms with Gasteiger partial charge in [0.2, 0.25) is 5.95 Å². The maximum atomic E-state index is 6.18. The van der Waals surface area contributed by atoms with E-state index in [1.165, 1.54) is 6.33 Å². The van der Waals surface area contributed by atoms with E-state index >= 15 is 0 Å². The molecule has 0 unspecified atom stereocenters. The lowest BCUT2D eigenvalue weighted by Gasteiger charge is -2.29. The summed E-state index contributed by atoms with van der Waals surface area (Å²) in [5.74, 6) is 2.74. The number of aromatic nitrogens is 7. The SMILES string of the molecule is Clc1nccc2ccc(NC3CCC(CNc4ncc(-c5ncn[nH]5)cn4)CC3)nc12. The van der Waals surface area contributed by atoms with Crippen LogP contribution < -0.4 is 10.6 Å². The monoisotopic (exact) mass is 435 g/mol. The van der Waals surface area contributed by atoms with Gasteiger partial charge in [-0.15, -0.1) is 0 Å². The highest BCUT2D eigenvalue weighted by atomic mass is 35.5. The summed E-state index contributed by atoms with van der Waals surface area (Å²) >= 11 is 6.18. The van der Waals surface area contributed by atoms with Gasteiger partial charge in [0.25, 0.3) is 0 Å². The fourth-order valence-corrected chi connectivity index (χ4v) is 4.14. The highest BCUT2D eigenvalue weighted by molar-refractivity contribution is 6.33. The average Bonchev–Trinajstić information content (AvgIpc) is 3.35. The van der Waals surface area contributed by atoms with Crippen LogP contribution in [-0.2, 0) is 0 Å². The van der Waals surface area contributed by atoms with Crippen molar-refractivity contribution in [3.63, 3.8) is 0 Å². The van der Waals surface area contributed by atoms with Gasteiger partial charge in [0, 0.05) is 36.6 Å². The van der Waals surface area contributed by atoms with E-state index in [4.69, 9.17) is 11.6 Å². The molecule has 4 aromatic heterocycles. The van der Waals surface area contributed by atoms with Crippen molar-refractivity contribution in [2.75, 3.05) is 17.2 Å². The highest BCUT2D eigenvalue weighted by Gasteiger charge is 2.21. The Hall–Kier alpha value is -3.33. The number of rotatable bonds is 6. The predicted octanol–water partition coefficient (Wildman–Crippen LogP) is 3.94. The second-order valence-corrected chi connectivity index (χ2v) is 8.10. The standard InChI is InChI=1S/C21H22ClN9/c22-19-18-14(7-8-23-19)3-6-17(30-18)29-16-4-1-13(2-5-16)9-24-21-25-10-15(11-26-21)20-27-12-28-31-20/h3,6-8,10-13,16H,1-2,4-5,9H2,(H,29,30)(H,24,25,26)(H,27,28,31). The second-order valence-electron chi connectivity index (χ2n) is 7.74. The average molecular weight is 436 g/mol. The molecule has 1 saturated carbocycles. The first-order chi connectivity index (χ1) is 15.2. The number of nitrogens with one attached hydrogen (secondary N) is 3. The minimum Gasteiger partial charge on any atom is -0.367 e. The Bertz CT molecular complexity index is 1140. The van der Waals surface area contributed by atoms with Crippen LogP contribution in [0.1, 0.15) is 25.7 Å². The number of anilines is 2. The summed E-state index contributed by atoms with van der Waals surface area (Å²) in [4.78, 5) is 21.6. The summed E-state index contributed by atoms with van der Waals surface area (Å²) < 4.78 is 0. The minimum atomic E-state index is 0.411. The molecule has 9 nitrogen and oxygen atoms in total. The molecule has 4 aromatic rings. The Balaban J connectivity index is 1.11. The maximum absolute atomic E-state index is 6.18. The Morgan fingerprint density at radius 2 is 1.84 bits per heavy atom. The maximum Gasteiger partial charge on any atom is 0.222 e. The van der Waals surface area contributed by atoms with Crippen molar-refractivity contribution in [1.82, 2.24) is 35.1 Å². The van der Waals surface area contributed by atoms with Gasteiger partial charge in [0.15, 0.2) is 11.0 Å². The first-order valence-electron chi connectivity index (χ1n) is 10.3. The molecule has 1 fully saturated rings. The van der Waals surface area contributed by atoms with Crippen molar-refractivity contribution in [1.29, 1.82) is 0 Å². The zero-order chi connectivity index (χ0) is 21.0. The van der Waals surface area contributed by atoms with Gasteiger partial charge in [-0.2, -0.15) is 5.10 Å². The molecule has 31 heavy (non-hydrogen) atoms. The van der Waals surface area contributed by atoms with Crippen LogP contribution in [0.25, 0.3) is 22.3 Å². The van der Waals surface area contributed by atoms with E-state index in [2.05, 4.69) is 45.8 Å². The predicted molar refractivity (Wildman–Crippen MR) is 120 cm³/mol. The number of nitrogens with zero attached hydrogens (tertiary/aromatic N) is 6. The van der Waals surface area contributed by atoms with E-state index in [1.54, 1.807) is 18.6 Å². The molecule has 1 aliphatic rings. The van der Waals surface area contributed by atoms with E-state index in [-0.39, 0.29) is 0 Å². The summed E-state index contributed by atoms with van der Waals surface area (Å²) in [7, 11) is 0. The van der Waals surface area contributed by atoms with Crippen molar-refractivity contribution < 1.29 is 0 Å². The number of hydrogen-bond donors (Lipinski definition) is 3. The van der Waals surface area contributed by atoms with Gasteiger partial charge in [-0.05, 0) is 49.8 Å². The van der Waals surface area contributed by atoms with Crippen LogP contribution in [0.3, 0.4) is 0 Å². The summed E-state index contributed by atoms with van der Waals surface area (Å²) in [5, 5.41) is 15.0. The van der Waals surface area contributed by atoms with Crippen LogP contribution in [-0.4, -0.2) is 47.7 Å². The van der Waals surface area contributed by atoms with Crippen LogP contribution >= 0.6 is 11.6 Å². The summed E-state index contributed by atoms with van der Waals surface area (Å²) in [6.07, 6.45) is 11.1. The van der Waals surface area contributed by atoms with Crippen LogP contribution in [0.4, 0.5) is 11.8 Å². The first kappa shape index (κ1) is 19.6. The number of H-pyrrole nitrogens is 1. The van der Waals surface area contributed by atoms with E-state index in [1.807, 2.05) is 18.2 Å². The molecule has 0 bridgehead atoms. The molecule has 0 aliphatic heterocycles. The van der Waals surface area contributed by atoms with Gasteiger partial charge in [0.05, 0.1) is 5.56 Å². The van der Waals surface area contributed by atoms with Crippen molar-refractivity contribution >= 4 is 34.3 Å².